The van der Waals surface area contributed by atoms with E-state index in [4.69, 9.17) is 21.1 Å². The molecule has 0 saturated heterocycles. The molecule has 1 atom stereocenters. The van der Waals surface area contributed by atoms with Crippen LogP contribution in [0.3, 0.4) is 0 Å². The average molecular weight is 540 g/mol. The fourth-order valence-electron chi connectivity index (χ4n) is 3.72. The molecule has 0 fully saturated rings. The molecule has 0 bridgehead atoms. The summed E-state index contributed by atoms with van der Waals surface area (Å²) in [6.07, 6.45) is 1.32. The summed E-state index contributed by atoms with van der Waals surface area (Å²) in [6, 6.07) is 10.7. The number of hydrogen-bond acceptors (Lipinski definition) is 6. The highest BCUT2D eigenvalue weighted by Gasteiger charge is 2.33. The second-order valence-corrected chi connectivity index (χ2v) is 10.9. The normalized spacial score (nSPS) is 12.1. The lowest BCUT2D eigenvalue weighted by Crippen LogP contribution is -2.53. The quantitative estimate of drug-likeness (QED) is 0.443. The van der Waals surface area contributed by atoms with Crippen LogP contribution < -0.4 is 19.1 Å². The molecule has 2 aromatic carbocycles. The first-order valence-corrected chi connectivity index (χ1v) is 13.7. The van der Waals surface area contributed by atoms with Gasteiger partial charge in [0.1, 0.15) is 24.1 Å². The third-order valence-electron chi connectivity index (χ3n) is 5.39. The predicted octanol–water partition coefficient (Wildman–Crippen LogP) is 3.46. The van der Waals surface area contributed by atoms with E-state index in [1.807, 2.05) is 19.9 Å². The number of carbonyl (C=O) groups excluding carboxylic acids is 2. The third kappa shape index (κ3) is 7.76. The van der Waals surface area contributed by atoms with E-state index >= 15 is 0 Å². The van der Waals surface area contributed by atoms with Crippen LogP contribution in [0.15, 0.2) is 42.5 Å². The molecule has 36 heavy (non-hydrogen) atoms. The second-order valence-electron chi connectivity index (χ2n) is 8.55. The van der Waals surface area contributed by atoms with Crippen LogP contribution in [0.4, 0.5) is 5.69 Å². The number of hydrogen-bond donors (Lipinski definition) is 1. The summed E-state index contributed by atoms with van der Waals surface area (Å²) in [5.74, 6) is -0.0476. The predicted molar refractivity (Wildman–Crippen MR) is 141 cm³/mol. The topological polar surface area (TPSA) is 105 Å². The Morgan fingerprint density at radius 3 is 2.33 bits per heavy atom. The smallest absolute Gasteiger partial charge is 0.244 e. The molecule has 0 aliphatic carbocycles. The Bertz CT molecular complexity index is 1170. The molecular weight excluding hydrogens is 506 g/mol. The Hall–Kier alpha value is -2.98. The van der Waals surface area contributed by atoms with Crippen LogP contribution in [0.5, 0.6) is 11.5 Å². The molecule has 0 aliphatic heterocycles. The molecule has 1 N–H and O–H groups in total. The van der Waals surface area contributed by atoms with Crippen molar-refractivity contribution in [3.63, 3.8) is 0 Å². The van der Waals surface area contributed by atoms with E-state index in [0.29, 0.717) is 12.2 Å². The molecule has 0 aromatic heterocycles. The molecular formula is C25H34ClN3O6S. The van der Waals surface area contributed by atoms with E-state index in [9.17, 15) is 18.0 Å². The van der Waals surface area contributed by atoms with Gasteiger partial charge < -0.3 is 19.7 Å². The SMILES string of the molecule is CC[C@H](C(=O)NC(C)C)N(Cc1cccc(OC)c1)C(=O)CN(c1cc(Cl)ccc1OC)S(C)(=O)=O. The number of nitrogens with one attached hydrogen (secondary N) is 1. The Labute approximate surface area is 218 Å². The van der Waals surface area contributed by atoms with Crippen molar-refractivity contribution in [3.05, 3.63) is 53.1 Å². The van der Waals surface area contributed by atoms with Crippen molar-refractivity contribution in [2.45, 2.75) is 45.8 Å². The van der Waals surface area contributed by atoms with Gasteiger partial charge in [0, 0.05) is 17.6 Å². The summed E-state index contributed by atoms with van der Waals surface area (Å²) in [6.45, 7) is 4.98. The van der Waals surface area contributed by atoms with Crippen molar-refractivity contribution in [1.29, 1.82) is 0 Å². The highest BCUT2D eigenvalue weighted by Crippen LogP contribution is 2.33. The van der Waals surface area contributed by atoms with Gasteiger partial charge in [-0.05, 0) is 56.2 Å². The number of carbonyl (C=O) groups is 2. The van der Waals surface area contributed by atoms with Gasteiger partial charge in [0.15, 0.2) is 0 Å². The Balaban J connectivity index is 2.53. The first kappa shape index (κ1) is 29.3. The summed E-state index contributed by atoms with van der Waals surface area (Å²) < 4.78 is 37.1. The van der Waals surface area contributed by atoms with Gasteiger partial charge in [0.05, 0.1) is 26.2 Å². The van der Waals surface area contributed by atoms with Crippen molar-refractivity contribution in [1.82, 2.24) is 10.2 Å². The van der Waals surface area contributed by atoms with Crippen molar-refractivity contribution >= 4 is 39.1 Å². The lowest BCUT2D eigenvalue weighted by molar-refractivity contribution is -0.140. The van der Waals surface area contributed by atoms with E-state index in [-0.39, 0.29) is 35.0 Å². The van der Waals surface area contributed by atoms with Crippen LogP contribution >= 0.6 is 11.6 Å². The molecule has 0 aliphatic rings. The Morgan fingerprint density at radius 1 is 1.08 bits per heavy atom. The number of benzene rings is 2. The molecule has 198 valence electrons. The number of rotatable bonds is 12. The second kappa shape index (κ2) is 12.8. The van der Waals surface area contributed by atoms with Crippen molar-refractivity contribution < 1.29 is 27.5 Å². The van der Waals surface area contributed by atoms with Gasteiger partial charge in [-0.3, -0.25) is 13.9 Å². The Morgan fingerprint density at radius 2 is 1.78 bits per heavy atom. The molecule has 0 saturated carbocycles. The molecule has 9 nitrogen and oxygen atoms in total. The van der Waals surface area contributed by atoms with Gasteiger partial charge in [-0.15, -0.1) is 0 Å². The van der Waals surface area contributed by atoms with Crippen LogP contribution in [0.1, 0.15) is 32.8 Å². The molecule has 0 heterocycles. The van der Waals surface area contributed by atoms with Crippen LogP contribution in [-0.2, 0) is 26.2 Å². The standard InChI is InChI=1S/C25H34ClN3O6S/c1-7-21(25(31)27-17(2)3)28(15-18-9-8-10-20(13-18)34-4)24(30)16-29(36(6,32)33)22-14-19(26)11-12-23(22)35-5/h8-14,17,21H,7,15-16H2,1-6H3,(H,27,31)/t21-/m1/s1. The van der Waals surface area contributed by atoms with Gasteiger partial charge in [-0.2, -0.15) is 0 Å². The zero-order chi connectivity index (χ0) is 27.0. The van der Waals surface area contributed by atoms with Gasteiger partial charge in [-0.1, -0.05) is 30.7 Å². The summed E-state index contributed by atoms with van der Waals surface area (Å²) >= 11 is 6.13. The average Bonchev–Trinajstić information content (AvgIpc) is 2.81. The maximum Gasteiger partial charge on any atom is 0.244 e. The zero-order valence-electron chi connectivity index (χ0n) is 21.4. The number of ether oxygens (including phenoxy) is 2. The van der Waals surface area contributed by atoms with Crippen LogP contribution in [0.25, 0.3) is 0 Å². The number of halogens is 1. The summed E-state index contributed by atoms with van der Waals surface area (Å²) in [4.78, 5) is 28.2. The third-order valence-corrected chi connectivity index (χ3v) is 6.75. The minimum atomic E-state index is -3.92. The number of nitrogens with zero attached hydrogens (tertiary/aromatic N) is 2. The molecule has 2 aromatic rings. The van der Waals surface area contributed by atoms with Gasteiger partial charge in [0.25, 0.3) is 0 Å². The lowest BCUT2D eigenvalue weighted by Gasteiger charge is -2.33. The van der Waals surface area contributed by atoms with Crippen LogP contribution in [0.2, 0.25) is 5.02 Å². The fraction of sp³-hybridized carbons (Fsp3) is 0.440. The van der Waals surface area contributed by atoms with Gasteiger partial charge >= 0.3 is 0 Å². The van der Waals surface area contributed by atoms with Crippen molar-refractivity contribution in [3.8, 4) is 11.5 Å². The largest absolute Gasteiger partial charge is 0.497 e. The van der Waals surface area contributed by atoms with Crippen molar-refractivity contribution in [2.75, 3.05) is 31.3 Å². The molecule has 11 heteroatoms. The lowest BCUT2D eigenvalue weighted by atomic mass is 10.1. The van der Waals surface area contributed by atoms with E-state index < -0.39 is 28.5 Å². The first-order valence-electron chi connectivity index (χ1n) is 11.4. The maximum atomic E-state index is 13.7. The molecule has 0 spiro atoms. The highest BCUT2D eigenvalue weighted by atomic mass is 35.5. The number of sulfonamides is 1. The van der Waals surface area contributed by atoms with E-state index in [1.54, 1.807) is 31.2 Å². The first-order chi connectivity index (χ1) is 16.9. The maximum absolute atomic E-state index is 13.7. The molecule has 0 radical (unpaired) electrons. The molecule has 2 amide bonds. The monoisotopic (exact) mass is 539 g/mol. The number of anilines is 1. The molecule has 0 unspecified atom stereocenters. The minimum absolute atomic E-state index is 0.0737. The van der Waals surface area contributed by atoms with Crippen molar-refractivity contribution in [2.24, 2.45) is 0 Å². The summed E-state index contributed by atoms with van der Waals surface area (Å²) in [5, 5.41) is 3.13. The number of amides is 2. The van der Waals surface area contributed by atoms with Crippen LogP contribution in [0, 0.1) is 0 Å². The zero-order valence-corrected chi connectivity index (χ0v) is 23.0. The fourth-order valence-corrected chi connectivity index (χ4v) is 4.73. The number of methoxy groups -OCH3 is 2. The van der Waals surface area contributed by atoms with E-state index in [1.165, 1.54) is 31.3 Å². The van der Waals surface area contributed by atoms with Crippen LogP contribution in [-0.4, -0.2) is 64.2 Å². The van der Waals surface area contributed by atoms with E-state index in [0.717, 1.165) is 16.1 Å². The minimum Gasteiger partial charge on any atom is -0.497 e. The van der Waals surface area contributed by atoms with Gasteiger partial charge in [-0.25, -0.2) is 8.42 Å². The Kier molecular flexibility index (Phi) is 10.4. The summed E-state index contributed by atoms with van der Waals surface area (Å²) in [5.41, 5.74) is 0.853. The molecule has 2 rings (SSSR count). The van der Waals surface area contributed by atoms with Gasteiger partial charge in [0.2, 0.25) is 21.8 Å². The highest BCUT2D eigenvalue weighted by molar-refractivity contribution is 7.92. The summed E-state index contributed by atoms with van der Waals surface area (Å²) in [7, 11) is -0.991. The van der Waals surface area contributed by atoms with E-state index in [2.05, 4.69) is 5.32 Å².